The summed E-state index contributed by atoms with van der Waals surface area (Å²) in [6.45, 7) is 6.07. The second-order valence-corrected chi connectivity index (χ2v) is 8.13. The minimum absolute atomic E-state index is 0.313. The molecule has 3 aromatic rings. The van der Waals surface area contributed by atoms with Crippen LogP contribution in [0.4, 0.5) is 5.69 Å². The second-order valence-electron chi connectivity index (χ2n) is 7.21. The lowest BCUT2D eigenvalue weighted by atomic mass is 9.77. The summed E-state index contributed by atoms with van der Waals surface area (Å²) >= 11 is 3.56. The Balaban J connectivity index is 1.81. The van der Waals surface area contributed by atoms with Crippen molar-refractivity contribution in [2.75, 3.05) is 18.0 Å². The number of rotatable bonds is 3. The van der Waals surface area contributed by atoms with Crippen molar-refractivity contribution in [3.8, 4) is 11.5 Å². The standard InChI is InChI=1S/C24H20BrNO3/c1-3-26(4-2)16-10-11-19-22(14-16)28-21-12-9-15(25)13-20(21)24(19)18-8-6-5-7-17(18)23(27)29-24/h5-14H,3-4H2,1-2H3. The summed E-state index contributed by atoms with van der Waals surface area (Å²) in [5.41, 5.74) is 3.19. The molecule has 1 spiro atoms. The van der Waals surface area contributed by atoms with Crippen molar-refractivity contribution in [3.63, 3.8) is 0 Å². The zero-order chi connectivity index (χ0) is 20.2. The average Bonchev–Trinajstić information content (AvgIpc) is 3.03. The summed E-state index contributed by atoms with van der Waals surface area (Å²) in [5, 5.41) is 0. The SMILES string of the molecule is CCN(CC)c1ccc2c(c1)Oc1ccc(Br)cc1C21OC(=O)c2ccccc21. The molecule has 3 aromatic carbocycles. The smallest absolute Gasteiger partial charge is 0.340 e. The molecular formula is C24H20BrNO3. The summed E-state index contributed by atoms with van der Waals surface area (Å²) < 4.78 is 13.4. The minimum Gasteiger partial charge on any atom is -0.456 e. The Labute approximate surface area is 178 Å². The molecule has 0 bridgehead atoms. The highest BCUT2D eigenvalue weighted by molar-refractivity contribution is 9.10. The number of carbonyl (C=O) groups excluding carboxylic acids is 1. The van der Waals surface area contributed by atoms with Gasteiger partial charge in [-0.1, -0.05) is 34.1 Å². The molecule has 0 aliphatic carbocycles. The number of anilines is 1. The molecule has 0 fully saturated rings. The topological polar surface area (TPSA) is 38.8 Å². The van der Waals surface area contributed by atoms with Crippen molar-refractivity contribution in [2.45, 2.75) is 19.4 Å². The Morgan fingerprint density at radius 1 is 0.897 bits per heavy atom. The first-order valence-electron chi connectivity index (χ1n) is 9.78. The average molecular weight is 450 g/mol. The lowest BCUT2D eigenvalue weighted by molar-refractivity contribution is 0.0224. The van der Waals surface area contributed by atoms with Gasteiger partial charge in [-0.3, -0.25) is 0 Å². The van der Waals surface area contributed by atoms with Gasteiger partial charge in [-0.25, -0.2) is 4.79 Å². The molecule has 0 amide bonds. The molecule has 0 aromatic heterocycles. The number of hydrogen-bond acceptors (Lipinski definition) is 4. The van der Waals surface area contributed by atoms with E-state index in [0.29, 0.717) is 17.1 Å². The van der Waals surface area contributed by atoms with Crippen LogP contribution in [0.3, 0.4) is 0 Å². The van der Waals surface area contributed by atoms with E-state index >= 15 is 0 Å². The van der Waals surface area contributed by atoms with E-state index in [9.17, 15) is 4.79 Å². The van der Waals surface area contributed by atoms with Gasteiger partial charge >= 0.3 is 5.97 Å². The zero-order valence-corrected chi connectivity index (χ0v) is 17.8. The molecule has 2 heterocycles. The van der Waals surface area contributed by atoms with E-state index in [1.165, 1.54) is 0 Å². The lowest BCUT2D eigenvalue weighted by Gasteiger charge is -2.37. The molecule has 2 aliphatic rings. The molecule has 5 heteroatoms. The fourth-order valence-electron chi connectivity index (χ4n) is 4.42. The van der Waals surface area contributed by atoms with Crippen LogP contribution in [0.5, 0.6) is 11.5 Å². The quantitative estimate of drug-likeness (QED) is 0.469. The van der Waals surface area contributed by atoms with Crippen LogP contribution >= 0.6 is 15.9 Å². The van der Waals surface area contributed by atoms with E-state index in [2.05, 4.69) is 40.7 Å². The Kier molecular flexibility index (Phi) is 4.17. The first-order chi connectivity index (χ1) is 14.1. The van der Waals surface area contributed by atoms with Gasteiger partial charge in [0.25, 0.3) is 0 Å². The van der Waals surface area contributed by atoms with Crippen molar-refractivity contribution >= 4 is 27.6 Å². The van der Waals surface area contributed by atoms with Crippen LogP contribution in [0, 0.1) is 0 Å². The fourth-order valence-corrected chi connectivity index (χ4v) is 4.78. The van der Waals surface area contributed by atoms with Crippen molar-refractivity contribution < 1.29 is 14.3 Å². The molecule has 0 N–H and O–H groups in total. The maximum Gasteiger partial charge on any atom is 0.340 e. The zero-order valence-electron chi connectivity index (χ0n) is 16.2. The summed E-state index contributed by atoms with van der Waals surface area (Å²) in [7, 11) is 0. The van der Waals surface area contributed by atoms with Crippen molar-refractivity contribution in [3.05, 3.63) is 87.4 Å². The second kappa shape index (κ2) is 6.63. The maximum absolute atomic E-state index is 12.8. The van der Waals surface area contributed by atoms with E-state index in [0.717, 1.165) is 39.9 Å². The van der Waals surface area contributed by atoms with E-state index in [1.807, 2.05) is 54.6 Å². The van der Waals surface area contributed by atoms with Gasteiger partial charge in [0.2, 0.25) is 0 Å². The van der Waals surface area contributed by atoms with Crippen LogP contribution in [-0.2, 0) is 10.3 Å². The van der Waals surface area contributed by atoms with Gasteiger partial charge in [-0.15, -0.1) is 0 Å². The van der Waals surface area contributed by atoms with Gasteiger partial charge in [-0.05, 0) is 50.2 Å². The van der Waals surface area contributed by atoms with E-state index in [-0.39, 0.29) is 5.97 Å². The number of esters is 1. The summed E-state index contributed by atoms with van der Waals surface area (Å²) in [6.07, 6.45) is 0. The fraction of sp³-hybridized carbons (Fsp3) is 0.208. The molecule has 2 aliphatic heterocycles. The molecule has 29 heavy (non-hydrogen) atoms. The van der Waals surface area contributed by atoms with Crippen LogP contribution in [0.15, 0.2) is 65.1 Å². The Morgan fingerprint density at radius 3 is 2.48 bits per heavy atom. The van der Waals surface area contributed by atoms with Crippen LogP contribution in [0.2, 0.25) is 0 Å². The lowest BCUT2D eigenvalue weighted by Crippen LogP contribution is -2.33. The van der Waals surface area contributed by atoms with Gasteiger partial charge < -0.3 is 14.4 Å². The van der Waals surface area contributed by atoms with Crippen LogP contribution < -0.4 is 9.64 Å². The van der Waals surface area contributed by atoms with Crippen molar-refractivity contribution in [1.29, 1.82) is 0 Å². The summed E-state index contributed by atoms with van der Waals surface area (Å²) in [4.78, 5) is 15.1. The number of carbonyl (C=O) groups is 1. The third kappa shape index (κ3) is 2.53. The maximum atomic E-state index is 12.8. The number of fused-ring (bicyclic) bond motifs is 6. The van der Waals surface area contributed by atoms with E-state index in [1.54, 1.807) is 0 Å². The van der Waals surface area contributed by atoms with Crippen LogP contribution in [0.25, 0.3) is 0 Å². The Hall–Kier alpha value is -2.79. The van der Waals surface area contributed by atoms with Crippen molar-refractivity contribution in [1.82, 2.24) is 0 Å². The largest absolute Gasteiger partial charge is 0.456 e. The van der Waals surface area contributed by atoms with Gasteiger partial charge in [0, 0.05) is 46.0 Å². The first-order valence-corrected chi connectivity index (χ1v) is 10.6. The number of nitrogens with zero attached hydrogens (tertiary/aromatic N) is 1. The number of benzene rings is 3. The molecule has 146 valence electrons. The molecule has 1 atom stereocenters. The minimum atomic E-state index is -1.01. The van der Waals surface area contributed by atoms with E-state index < -0.39 is 5.60 Å². The third-order valence-corrected chi connectivity index (χ3v) is 6.28. The number of ether oxygens (including phenoxy) is 2. The molecule has 0 radical (unpaired) electrons. The molecule has 1 unspecified atom stereocenters. The Morgan fingerprint density at radius 2 is 1.69 bits per heavy atom. The van der Waals surface area contributed by atoms with Gasteiger partial charge in [-0.2, -0.15) is 0 Å². The third-order valence-electron chi connectivity index (χ3n) is 5.79. The van der Waals surface area contributed by atoms with E-state index in [4.69, 9.17) is 9.47 Å². The monoisotopic (exact) mass is 449 g/mol. The van der Waals surface area contributed by atoms with Gasteiger partial charge in [0.05, 0.1) is 5.56 Å². The van der Waals surface area contributed by atoms with Crippen LogP contribution in [0.1, 0.15) is 40.9 Å². The first kappa shape index (κ1) is 18.3. The van der Waals surface area contributed by atoms with Gasteiger partial charge in [0.15, 0.2) is 5.60 Å². The molecule has 0 saturated heterocycles. The summed E-state index contributed by atoms with van der Waals surface area (Å²) in [6, 6.07) is 19.6. The molecule has 5 rings (SSSR count). The highest BCUT2D eigenvalue weighted by Crippen LogP contribution is 2.56. The molecule has 4 nitrogen and oxygen atoms in total. The Bertz CT molecular complexity index is 1140. The predicted octanol–water partition coefficient (Wildman–Crippen LogP) is 5.86. The highest BCUT2D eigenvalue weighted by atomic mass is 79.9. The van der Waals surface area contributed by atoms with Gasteiger partial charge in [0.1, 0.15) is 11.5 Å². The molecular weight excluding hydrogens is 430 g/mol. The summed E-state index contributed by atoms with van der Waals surface area (Å²) in [5.74, 6) is 1.10. The molecule has 0 saturated carbocycles. The predicted molar refractivity (Wildman–Crippen MR) is 116 cm³/mol. The number of hydrogen-bond donors (Lipinski definition) is 0. The highest BCUT2D eigenvalue weighted by Gasteiger charge is 2.53. The van der Waals surface area contributed by atoms with Crippen molar-refractivity contribution in [2.24, 2.45) is 0 Å². The number of halogens is 1. The van der Waals surface area contributed by atoms with Crippen LogP contribution in [-0.4, -0.2) is 19.1 Å². The normalized spacial score (nSPS) is 18.5.